The number of thioether (sulfide) groups is 1. The molecule has 0 unspecified atom stereocenters. The summed E-state index contributed by atoms with van der Waals surface area (Å²) >= 11 is 1.34. The summed E-state index contributed by atoms with van der Waals surface area (Å²) < 4.78 is 12.4. The molecule has 0 saturated heterocycles. The van der Waals surface area contributed by atoms with Gasteiger partial charge in [0.25, 0.3) is 0 Å². The number of ether oxygens (including phenoxy) is 2. The van der Waals surface area contributed by atoms with Gasteiger partial charge in [-0.1, -0.05) is 30.0 Å². The van der Waals surface area contributed by atoms with E-state index in [-0.39, 0.29) is 18.5 Å². The number of hydrogen-bond donors (Lipinski definition) is 1. The molecule has 30 heavy (non-hydrogen) atoms. The third-order valence-corrected chi connectivity index (χ3v) is 5.67. The molecular weight excluding hydrogens is 402 g/mol. The summed E-state index contributed by atoms with van der Waals surface area (Å²) in [6.07, 6.45) is 3.23. The summed E-state index contributed by atoms with van der Waals surface area (Å²) in [6, 6.07) is 13.3. The summed E-state index contributed by atoms with van der Waals surface area (Å²) in [5.74, 6) is 1.37. The lowest BCUT2D eigenvalue weighted by Gasteiger charge is -2.07. The van der Waals surface area contributed by atoms with Crippen molar-refractivity contribution in [1.82, 2.24) is 19.7 Å². The van der Waals surface area contributed by atoms with Crippen LogP contribution in [0.2, 0.25) is 0 Å². The molecule has 0 fully saturated rings. The first kappa shape index (κ1) is 18.4. The number of nitrogens with zero attached hydrogens (tertiary/aromatic N) is 4. The number of nitrogens with one attached hydrogen (secondary N) is 1. The van der Waals surface area contributed by atoms with Crippen molar-refractivity contribution in [2.75, 3.05) is 17.9 Å². The smallest absolute Gasteiger partial charge is 0.234 e. The van der Waals surface area contributed by atoms with Gasteiger partial charge < -0.3 is 14.8 Å². The summed E-state index contributed by atoms with van der Waals surface area (Å²) in [5.41, 5.74) is 3.42. The van der Waals surface area contributed by atoms with Gasteiger partial charge in [0.15, 0.2) is 17.1 Å². The second-order valence-electron chi connectivity index (χ2n) is 6.66. The van der Waals surface area contributed by atoms with Crippen LogP contribution in [0.1, 0.15) is 5.56 Å². The molecule has 0 bridgehead atoms. The maximum absolute atomic E-state index is 12.4. The zero-order valence-electron chi connectivity index (χ0n) is 16.0. The van der Waals surface area contributed by atoms with Crippen LogP contribution in [-0.4, -0.2) is 38.2 Å². The van der Waals surface area contributed by atoms with Gasteiger partial charge in [-0.25, -0.2) is 14.6 Å². The number of aromatic nitrogens is 4. The minimum Gasteiger partial charge on any atom is -0.454 e. The third kappa shape index (κ3) is 3.43. The second kappa shape index (κ2) is 7.68. The molecule has 4 aromatic rings. The summed E-state index contributed by atoms with van der Waals surface area (Å²) in [6.45, 7) is 2.22. The topological polar surface area (TPSA) is 91.2 Å². The quantitative estimate of drug-likeness (QED) is 0.390. The third-order valence-electron chi connectivity index (χ3n) is 4.67. The first-order valence-electron chi connectivity index (χ1n) is 9.26. The number of amides is 1. The molecule has 1 amide bonds. The maximum Gasteiger partial charge on any atom is 0.234 e. The highest BCUT2D eigenvalue weighted by atomic mass is 32.2. The van der Waals surface area contributed by atoms with Gasteiger partial charge in [0.05, 0.1) is 23.0 Å². The fourth-order valence-corrected chi connectivity index (χ4v) is 3.98. The fourth-order valence-electron chi connectivity index (χ4n) is 3.22. The number of aryl methyl sites for hydroxylation is 1. The average molecular weight is 419 g/mol. The van der Waals surface area contributed by atoms with Crippen molar-refractivity contribution in [3.63, 3.8) is 0 Å². The molecule has 1 aliphatic rings. The number of para-hydroxylation sites is 1. The Balaban J connectivity index is 1.32. The lowest BCUT2D eigenvalue weighted by molar-refractivity contribution is -0.113. The molecule has 3 heterocycles. The normalized spacial score (nSPS) is 12.3. The Morgan fingerprint density at radius 3 is 2.93 bits per heavy atom. The van der Waals surface area contributed by atoms with Crippen LogP contribution >= 0.6 is 11.8 Å². The highest BCUT2D eigenvalue weighted by Gasteiger charge is 2.16. The summed E-state index contributed by atoms with van der Waals surface area (Å²) in [5, 5.41) is 8.87. The van der Waals surface area contributed by atoms with E-state index in [1.165, 1.54) is 18.1 Å². The number of rotatable bonds is 5. The molecule has 2 aromatic heterocycles. The Morgan fingerprint density at radius 1 is 1.17 bits per heavy atom. The molecule has 150 valence electrons. The van der Waals surface area contributed by atoms with Crippen LogP contribution in [0, 0.1) is 6.92 Å². The number of hydrogen-bond acceptors (Lipinski definition) is 7. The standard InChI is InChI=1S/C21H17N5O3S/c1-13-4-2-3-5-16(13)26-20-15(9-24-26)21(23-11-22-20)30-10-19(27)25-14-6-7-17-18(8-14)29-12-28-17/h2-9,11H,10,12H2,1H3,(H,25,27). The van der Waals surface area contributed by atoms with E-state index in [0.29, 0.717) is 27.9 Å². The van der Waals surface area contributed by atoms with E-state index in [1.807, 2.05) is 31.2 Å². The lowest BCUT2D eigenvalue weighted by Crippen LogP contribution is -2.14. The number of fused-ring (bicyclic) bond motifs is 2. The van der Waals surface area contributed by atoms with Gasteiger partial charge in [-0.2, -0.15) is 5.10 Å². The number of anilines is 1. The van der Waals surface area contributed by atoms with E-state index in [0.717, 1.165) is 16.6 Å². The number of benzene rings is 2. The molecule has 0 radical (unpaired) electrons. The zero-order valence-corrected chi connectivity index (χ0v) is 16.8. The molecular formula is C21H17N5O3S. The molecule has 0 saturated carbocycles. The molecule has 0 spiro atoms. The molecule has 1 aliphatic heterocycles. The highest BCUT2D eigenvalue weighted by Crippen LogP contribution is 2.34. The fraction of sp³-hybridized carbons (Fsp3) is 0.143. The Hall–Kier alpha value is -3.59. The second-order valence-corrected chi connectivity index (χ2v) is 7.63. The van der Waals surface area contributed by atoms with E-state index >= 15 is 0 Å². The van der Waals surface area contributed by atoms with Gasteiger partial charge >= 0.3 is 0 Å². The minimum atomic E-state index is -0.142. The highest BCUT2D eigenvalue weighted by molar-refractivity contribution is 8.00. The zero-order chi connectivity index (χ0) is 20.5. The van der Waals surface area contributed by atoms with Crippen LogP contribution in [-0.2, 0) is 4.79 Å². The predicted octanol–water partition coefficient (Wildman–Crippen LogP) is 3.58. The van der Waals surface area contributed by atoms with Crippen LogP contribution in [0.25, 0.3) is 16.7 Å². The van der Waals surface area contributed by atoms with Gasteiger partial charge in [-0.3, -0.25) is 4.79 Å². The molecule has 5 rings (SSSR count). The number of carbonyl (C=O) groups is 1. The van der Waals surface area contributed by atoms with Crippen LogP contribution in [0.15, 0.2) is 60.0 Å². The van der Waals surface area contributed by atoms with Crippen LogP contribution in [0.5, 0.6) is 11.5 Å². The molecule has 0 aliphatic carbocycles. The van der Waals surface area contributed by atoms with Crippen LogP contribution in [0.3, 0.4) is 0 Å². The van der Waals surface area contributed by atoms with Crippen molar-refractivity contribution in [1.29, 1.82) is 0 Å². The summed E-state index contributed by atoms with van der Waals surface area (Å²) in [7, 11) is 0. The van der Waals surface area contributed by atoms with Gasteiger partial charge in [-0.05, 0) is 30.7 Å². The lowest BCUT2D eigenvalue weighted by atomic mass is 10.2. The minimum absolute atomic E-state index is 0.142. The Kier molecular flexibility index (Phi) is 4.72. The van der Waals surface area contributed by atoms with Crippen LogP contribution in [0.4, 0.5) is 5.69 Å². The Morgan fingerprint density at radius 2 is 2.03 bits per heavy atom. The molecule has 9 heteroatoms. The summed E-state index contributed by atoms with van der Waals surface area (Å²) in [4.78, 5) is 21.2. The van der Waals surface area contributed by atoms with Crippen molar-refractivity contribution in [2.45, 2.75) is 11.9 Å². The monoisotopic (exact) mass is 419 g/mol. The van der Waals surface area contributed by atoms with Gasteiger partial charge in [-0.15, -0.1) is 0 Å². The first-order valence-corrected chi connectivity index (χ1v) is 10.2. The SMILES string of the molecule is Cc1ccccc1-n1ncc2c(SCC(=O)Nc3ccc4c(c3)OCO4)ncnc21. The van der Waals surface area contributed by atoms with Crippen molar-refractivity contribution in [3.05, 3.63) is 60.6 Å². The van der Waals surface area contributed by atoms with Gasteiger partial charge in [0, 0.05) is 11.8 Å². The van der Waals surface area contributed by atoms with E-state index in [1.54, 1.807) is 29.1 Å². The van der Waals surface area contributed by atoms with Crippen LogP contribution < -0.4 is 14.8 Å². The Labute approximate surface area is 176 Å². The largest absolute Gasteiger partial charge is 0.454 e. The predicted molar refractivity (Wildman–Crippen MR) is 113 cm³/mol. The molecule has 0 atom stereocenters. The van der Waals surface area contributed by atoms with Gasteiger partial charge in [0.2, 0.25) is 12.7 Å². The number of carbonyl (C=O) groups excluding carboxylic acids is 1. The van der Waals surface area contributed by atoms with E-state index in [2.05, 4.69) is 20.4 Å². The Bertz CT molecular complexity index is 1260. The van der Waals surface area contributed by atoms with Crippen molar-refractivity contribution < 1.29 is 14.3 Å². The van der Waals surface area contributed by atoms with Gasteiger partial charge in [0.1, 0.15) is 11.4 Å². The molecule has 2 aromatic carbocycles. The van der Waals surface area contributed by atoms with Crippen molar-refractivity contribution in [2.24, 2.45) is 0 Å². The van der Waals surface area contributed by atoms with E-state index in [4.69, 9.17) is 9.47 Å². The van der Waals surface area contributed by atoms with E-state index in [9.17, 15) is 4.79 Å². The van der Waals surface area contributed by atoms with Crippen molar-refractivity contribution in [3.8, 4) is 17.2 Å². The molecule has 8 nitrogen and oxygen atoms in total. The van der Waals surface area contributed by atoms with Crippen molar-refractivity contribution >= 4 is 34.4 Å². The van der Waals surface area contributed by atoms with E-state index < -0.39 is 0 Å². The maximum atomic E-state index is 12.4. The first-order chi connectivity index (χ1) is 14.7. The molecule has 1 N–H and O–H groups in total. The average Bonchev–Trinajstić information content (AvgIpc) is 3.39.